The fourth-order valence-electron chi connectivity index (χ4n) is 3.20. The lowest BCUT2D eigenvalue weighted by Gasteiger charge is -2.21. The van der Waals surface area contributed by atoms with Crippen LogP contribution in [0, 0.1) is 12.7 Å². The van der Waals surface area contributed by atoms with Crippen molar-refractivity contribution in [2.24, 2.45) is 0 Å². The molecule has 7 heteroatoms. The Morgan fingerprint density at radius 1 is 1.48 bits per heavy atom. The number of pyridine rings is 1. The van der Waals surface area contributed by atoms with Gasteiger partial charge in [-0.1, -0.05) is 0 Å². The molecule has 134 valence electrons. The number of ether oxygens (including phenoxy) is 2. The Hall–Kier alpha value is -1.92. The summed E-state index contributed by atoms with van der Waals surface area (Å²) in [5.41, 5.74) is 2.07. The topological polar surface area (TPSA) is 60.5 Å². The first-order chi connectivity index (χ1) is 11.9. The Morgan fingerprint density at radius 3 is 2.92 bits per heavy atom. The molecule has 0 radical (unpaired) electrons. The number of carbonyl (C=O) groups is 1. The molecule has 1 aromatic heterocycles. The summed E-state index contributed by atoms with van der Waals surface area (Å²) in [5.74, 6) is -0.110. The van der Waals surface area contributed by atoms with E-state index in [0.29, 0.717) is 40.9 Å². The minimum absolute atomic E-state index is 0.218. The smallest absolute Gasteiger partial charge is 0.323 e. The van der Waals surface area contributed by atoms with E-state index in [9.17, 15) is 9.18 Å². The molecule has 1 N–H and O–H groups in total. The van der Waals surface area contributed by atoms with Crippen molar-refractivity contribution in [2.45, 2.75) is 37.8 Å². The molecule has 0 bridgehead atoms. The Balaban J connectivity index is 1.97. The molecule has 5 nitrogen and oxygen atoms in total. The van der Waals surface area contributed by atoms with E-state index in [4.69, 9.17) is 21.1 Å². The number of hydrogen-bond donors (Lipinski definition) is 1. The number of aromatic nitrogens is 1. The highest BCUT2D eigenvalue weighted by Crippen LogP contribution is 2.38. The zero-order valence-corrected chi connectivity index (χ0v) is 15.1. The Morgan fingerprint density at radius 2 is 2.24 bits per heavy atom. The first-order valence-electron chi connectivity index (χ1n) is 8.12. The number of carbonyl (C=O) groups excluding carboxylic acids is 1. The van der Waals surface area contributed by atoms with Crippen LogP contribution in [0.25, 0.3) is 10.9 Å². The van der Waals surface area contributed by atoms with Gasteiger partial charge in [0.25, 0.3) is 0 Å². The number of methoxy groups -OCH3 is 1. The van der Waals surface area contributed by atoms with Crippen molar-refractivity contribution in [1.29, 1.82) is 0 Å². The number of halogens is 2. The van der Waals surface area contributed by atoms with Gasteiger partial charge in [-0.2, -0.15) is 0 Å². The summed E-state index contributed by atoms with van der Waals surface area (Å²) >= 11 is 6.38. The summed E-state index contributed by atoms with van der Waals surface area (Å²) in [4.78, 5) is 16.2. The van der Waals surface area contributed by atoms with Gasteiger partial charge in [-0.3, -0.25) is 4.79 Å². The highest BCUT2D eigenvalue weighted by molar-refractivity contribution is 6.21. The summed E-state index contributed by atoms with van der Waals surface area (Å²) in [6.45, 7) is 4.16. The molecule has 0 aliphatic carbocycles. The van der Waals surface area contributed by atoms with Crippen LogP contribution in [0.4, 0.5) is 4.39 Å². The van der Waals surface area contributed by atoms with Gasteiger partial charge in [0.2, 0.25) is 0 Å². The van der Waals surface area contributed by atoms with Crippen LogP contribution in [0.3, 0.4) is 0 Å². The van der Waals surface area contributed by atoms with Gasteiger partial charge in [0, 0.05) is 23.9 Å². The van der Waals surface area contributed by atoms with Crippen LogP contribution in [-0.2, 0) is 9.53 Å². The van der Waals surface area contributed by atoms with Crippen LogP contribution in [0.5, 0.6) is 5.75 Å². The van der Waals surface area contributed by atoms with E-state index in [1.54, 1.807) is 6.07 Å². The van der Waals surface area contributed by atoms with Gasteiger partial charge in [0.05, 0.1) is 23.7 Å². The van der Waals surface area contributed by atoms with Crippen molar-refractivity contribution in [3.8, 4) is 5.75 Å². The molecule has 2 aromatic rings. The number of rotatable bonds is 4. The molecule has 1 aliphatic rings. The number of alkyl halides is 1. The molecule has 3 atom stereocenters. The lowest BCUT2D eigenvalue weighted by Crippen LogP contribution is -2.31. The van der Waals surface area contributed by atoms with Crippen molar-refractivity contribution >= 4 is 28.5 Å². The van der Waals surface area contributed by atoms with Crippen LogP contribution < -0.4 is 10.1 Å². The number of aryl methyl sites for hydroxylation is 1. The second-order valence-electron chi connectivity index (χ2n) is 6.18. The van der Waals surface area contributed by atoms with E-state index >= 15 is 0 Å². The Labute approximate surface area is 150 Å². The Bertz CT molecular complexity index is 812. The van der Waals surface area contributed by atoms with Crippen LogP contribution in [0.2, 0.25) is 0 Å². The third-order valence-corrected chi connectivity index (χ3v) is 4.59. The normalized spacial score (nSPS) is 21.3. The largest absolute Gasteiger partial charge is 0.487 e. The molecular weight excluding hydrogens is 347 g/mol. The van der Waals surface area contributed by atoms with Gasteiger partial charge in [0.1, 0.15) is 23.7 Å². The minimum Gasteiger partial charge on any atom is -0.487 e. The number of hydrogen-bond acceptors (Lipinski definition) is 5. The predicted molar refractivity (Wildman–Crippen MR) is 93.5 cm³/mol. The molecule has 0 amide bonds. The monoisotopic (exact) mass is 366 g/mol. The fourth-order valence-corrected chi connectivity index (χ4v) is 3.41. The predicted octanol–water partition coefficient (Wildman–Crippen LogP) is 3.26. The van der Waals surface area contributed by atoms with Crippen molar-refractivity contribution < 1.29 is 18.7 Å². The van der Waals surface area contributed by atoms with E-state index in [1.807, 2.05) is 13.8 Å². The van der Waals surface area contributed by atoms with Crippen molar-refractivity contribution in [3.05, 3.63) is 35.3 Å². The summed E-state index contributed by atoms with van der Waals surface area (Å²) in [5, 5.41) is 3.33. The van der Waals surface area contributed by atoms with E-state index in [-0.39, 0.29) is 23.3 Å². The first-order valence-corrected chi connectivity index (χ1v) is 8.56. The van der Waals surface area contributed by atoms with Crippen LogP contribution >= 0.6 is 11.6 Å². The number of fused-ring (bicyclic) bond motifs is 1. The molecule has 1 fully saturated rings. The molecule has 1 aliphatic heterocycles. The molecular formula is C18H20ClFN2O3. The third-order valence-electron chi connectivity index (χ3n) is 4.37. The van der Waals surface area contributed by atoms with Crippen molar-refractivity contribution in [2.75, 3.05) is 13.7 Å². The average molecular weight is 367 g/mol. The quantitative estimate of drug-likeness (QED) is 0.664. The maximum absolute atomic E-state index is 13.7. The number of esters is 1. The summed E-state index contributed by atoms with van der Waals surface area (Å²) in [7, 11) is 1.36. The van der Waals surface area contributed by atoms with Crippen molar-refractivity contribution in [3.63, 3.8) is 0 Å². The van der Waals surface area contributed by atoms with Gasteiger partial charge in [0.15, 0.2) is 0 Å². The summed E-state index contributed by atoms with van der Waals surface area (Å²) in [6, 6.07) is 4.04. The molecule has 3 rings (SSSR count). The van der Waals surface area contributed by atoms with E-state index in [2.05, 4.69) is 10.3 Å². The van der Waals surface area contributed by atoms with Gasteiger partial charge < -0.3 is 14.8 Å². The summed E-state index contributed by atoms with van der Waals surface area (Å²) < 4.78 is 24.6. The summed E-state index contributed by atoms with van der Waals surface area (Å²) in [6.07, 6.45) is 0.272. The highest BCUT2D eigenvalue weighted by Gasteiger charge is 2.32. The van der Waals surface area contributed by atoms with Gasteiger partial charge in [-0.05, 0) is 32.0 Å². The van der Waals surface area contributed by atoms with Crippen LogP contribution in [-0.4, -0.2) is 36.8 Å². The Kier molecular flexibility index (Phi) is 5.11. The highest BCUT2D eigenvalue weighted by atomic mass is 35.5. The zero-order chi connectivity index (χ0) is 18.1. The molecule has 0 spiro atoms. The van der Waals surface area contributed by atoms with Crippen molar-refractivity contribution in [1.82, 2.24) is 10.3 Å². The third kappa shape index (κ3) is 3.55. The number of benzene rings is 1. The molecule has 1 aromatic carbocycles. The molecule has 1 saturated heterocycles. The van der Waals surface area contributed by atoms with Gasteiger partial charge in [-0.25, -0.2) is 9.37 Å². The van der Waals surface area contributed by atoms with Gasteiger partial charge in [-0.15, -0.1) is 11.6 Å². The van der Waals surface area contributed by atoms with Crippen LogP contribution in [0.1, 0.15) is 30.0 Å². The number of nitrogens with zero attached hydrogens (tertiary/aromatic N) is 1. The lowest BCUT2D eigenvalue weighted by atomic mass is 10.0. The number of nitrogens with one attached hydrogen (secondary N) is 1. The van der Waals surface area contributed by atoms with Crippen LogP contribution in [0.15, 0.2) is 18.2 Å². The average Bonchev–Trinajstić information content (AvgIpc) is 3.03. The molecule has 2 heterocycles. The maximum Gasteiger partial charge on any atom is 0.323 e. The lowest BCUT2D eigenvalue weighted by molar-refractivity contribution is -0.142. The maximum atomic E-state index is 13.7. The second-order valence-corrected chi connectivity index (χ2v) is 6.83. The van der Waals surface area contributed by atoms with Gasteiger partial charge >= 0.3 is 5.97 Å². The molecule has 3 unspecified atom stereocenters. The zero-order valence-electron chi connectivity index (χ0n) is 14.3. The fraction of sp³-hybridized carbons (Fsp3) is 0.444. The molecule has 25 heavy (non-hydrogen) atoms. The van der Waals surface area contributed by atoms with E-state index in [1.165, 1.54) is 19.2 Å². The standard InChI is InChI=1S/C18H20ClFN2O3/c1-9(19)16-13-6-11(20)4-5-14(13)22-10(2)17(16)25-12-7-15(21-8-12)18(23)24-3/h4-6,9,12,15,21H,7-8H2,1-3H3. The molecule has 0 saturated carbocycles. The first kappa shape index (κ1) is 17.9. The van der Waals surface area contributed by atoms with E-state index < -0.39 is 6.04 Å². The minimum atomic E-state index is -0.391. The van der Waals surface area contributed by atoms with E-state index in [0.717, 1.165) is 0 Å². The SMILES string of the molecule is COC(=O)C1CC(Oc2c(C)nc3ccc(F)cc3c2C(C)Cl)CN1. The second kappa shape index (κ2) is 7.14.